The predicted octanol–water partition coefficient (Wildman–Crippen LogP) is 4.33. The molecule has 1 N–H and O–H groups in total. The summed E-state index contributed by atoms with van der Waals surface area (Å²) >= 11 is 3.45. The number of rotatable bonds is 4. The van der Waals surface area contributed by atoms with Gasteiger partial charge in [0.1, 0.15) is 5.60 Å². The quantitative estimate of drug-likeness (QED) is 0.842. The molecule has 1 saturated heterocycles. The Morgan fingerprint density at radius 1 is 1.30 bits per heavy atom. The average Bonchev–Trinajstić information content (AvgIpc) is 2.48. The molecule has 1 aromatic carbocycles. The lowest BCUT2D eigenvalue weighted by Gasteiger charge is -2.37. The third kappa shape index (κ3) is 6.15. The van der Waals surface area contributed by atoms with Gasteiger partial charge < -0.3 is 15.0 Å². The van der Waals surface area contributed by atoms with Gasteiger partial charge in [-0.15, -0.1) is 0 Å². The van der Waals surface area contributed by atoms with Gasteiger partial charge in [0.15, 0.2) is 0 Å². The number of carbonyl (C=O) groups is 1. The highest BCUT2D eigenvalue weighted by Crippen LogP contribution is 2.20. The Balaban J connectivity index is 1.86. The molecule has 0 aliphatic carbocycles. The first-order valence-electron chi connectivity index (χ1n) is 8.30. The Bertz CT molecular complexity index is 511. The number of hydrogen-bond donors (Lipinski definition) is 1. The van der Waals surface area contributed by atoms with Crippen LogP contribution in [-0.2, 0) is 11.3 Å². The normalized spacial score (nSPS) is 18.8. The van der Waals surface area contributed by atoms with Crippen LogP contribution in [0.25, 0.3) is 0 Å². The molecular weight excluding hydrogens is 356 g/mol. The molecule has 0 spiro atoms. The fraction of sp³-hybridized carbons (Fsp3) is 0.611. The Morgan fingerprint density at radius 3 is 2.65 bits per heavy atom. The van der Waals surface area contributed by atoms with Gasteiger partial charge in [-0.2, -0.15) is 0 Å². The number of piperidine rings is 1. The van der Waals surface area contributed by atoms with Gasteiger partial charge in [0, 0.05) is 30.1 Å². The molecular formula is C18H27BrN2O2. The highest BCUT2D eigenvalue weighted by atomic mass is 79.9. The van der Waals surface area contributed by atoms with Crippen LogP contribution in [0.1, 0.15) is 45.6 Å². The van der Waals surface area contributed by atoms with E-state index in [1.54, 1.807) is 0 Å². The van der Waals surface area contributed by atoms with Crippen LogP contribution in [0.4, 0.5) is 4.79 Å². The van der Waals surface area contributed by atoms with Crippen LogP contribution in [0.5, 0.6) is 0 Å². The molecule has 23 heavy (non-hydrogen) atoms. The molecule has 0 unspecified atom stereocenters. The van der Waals surface area contributed by atoms with Crippen molar-refractivity contribution >= 4 is 22.0 Å². The summed E-state index contributed by atoms with van der Waals surface area (Å²) < 4.78 is 6.63. The highest BCUT2D eigenvalue weighted by Gasteiger charge is 2.30. The van der Waals surface area contributed by atoms with Crippen molar-refractivity contribution < 1.29 is 9.53 Å². The lowest BCUT2D eigenvalue weighted by molar-refractivity contribution is 0.00993. The van der Waals surface area contributed by atoms with Crippen LogP contribution in [0, 0.1) is 0 Å². The number of benzene rings is 1. The summed E-state index contributed by atoms with van der Waals surface area (Å²) in [6.45, 7) is 8.14. The predicted molar refractivity (Wildman–Crippen MR) is 96.4 cm³/mol. The second kappa shape index (κ2) is 8.15. The van der Waals surface area contributed by atoms with Crippen LogP contribution in [0.15, 0.2) is 28.7 Å². The minimum absolute atomic E-state index is 0.187. The van der Waals surface area contributed by atoms with E-state index >= 15 is 0 Å². The van der Waals surface area contributed by atoms with E-state index in [1.807, 2.05) is 37.8 Å². The van der Waals surface area contributed by atoms with Gasteiger partial charge in [0.05, 0.1) is 0 Å². The SMILES string of the molecule is CC(C)(C)OC(=O)N1CCCC[C@@H]1CNCc1ccc(Br)cc1. The molecule has 0 radical (unpaired) electrons. The molecule has 1 heterocycles. The second-order valence-electron chi connectivity index (χ2n) is 7.08. The fourth-order valence-electron chi connectivity index (χ4n) is 2.76. The highest BCUT2D eigenvalue weighted by molar-refractivity contribution is 9.10. The molecule has 1 aliphatic heterocycles. The Kier molecular flexibility index (Phi) is 6.48. The largest absolute Gasteiger partial charge is 0.444 e. The Morgan fingerprint density at radius 2 is 2.00 bits per heavy atom. The van der Waals surface area contributed by atoms with E-state index in [2.05, 4.69) is 33.4 Å². The van der Waals surface area contributed by atoms with E-state index in [0.717, 1.165) is 36.9 Å². The van der Waals surface area contributed by atoms with Gasteiger partial charge in [0.25, 0.3) is 0 Å². The first-order valence-corrected chi connectivity index (χ1v) is 9.09. The van der Waals surface area contributed by atoms with Crippen LogP contribution in [-0.4, -0.2) is 35.7 Å². The third-order valence-electron chi connectivity index (χ3n) is 3.88. The molecule has 1 amide bonds. The van der Waals surface area contributed by atoms with Gasteiger partial charge >= 0.3 is 6.09 Å². The zero-order valence-corrected chi connectivity index (χ0v) is 15.9. The standard InChI is InChI=1S/C18H27BrN2O2/c1-18(2,3)23-17(22)21-11-5-4-6-16(21)13-20-12-14-7-9-15(19)10-8-14/h7-10,16,20H,4-6,11-13H2,1-3H3/t16-/m1/s1. The second-order valence-corrected chi connectivity index (χ2v) is 8.00. The van der Waals surface area contributed by atoms with Crippen LogP contribution in [0.2, 0.25) is 0 Å². The van der Waals surface area contributed by atoms with Crippen molar-refractivity contribution in [3.8, 4) is 0 Å². The number of carbonyl (C=O) groups excluding carboxylic acids is 1. The van der Waals surface area contributed by atoms with Crippen molar-refractivity contribution in [3.05, 3.63) is 34.3 Å². The molecule has 0 saturated carbocycles. The van der Waals surface area contributed by atoms with Gasteiger partial charge in [-0.05, 0) is 57.7 Å². The maximum Gasteiger partial charge on any atom is 0.410 e. The molecule has 4 nitrogen and oxygen atoms in total. The van der Waals surface area contributed by atoms with Crippen molar-refractivity contribution in [2.45, 2.75) is 58.2 Å². The minimum atomic E-state index is -0.441. The van der Waals surface area contributed by atoms with E-state index in [4.69, 9.17) is 4.74 Å². The van der Waals surface area contributed by atoms with E-state index < -0.39 is 5.60 Å². The monoisotopic (exact) mass is 382 g/mol. The van der Waals surface area contributed by atoms with Crippen LogP contribution < -0.4 is 5.32 Å². The molecule has 2 rings (SSSR count). The number of halogens is 1. The summed E-state index contributed by atoms with van der Waals surface area (Å²) in [6.07, 6.45) is 3.08. The number of likely N-dealkylation sites (tertiary alicyclic amines) is 1. The van der Waals surface area contributed by atoms with E-state index in [1.165, 1.54) is 12.0 Å². The Labute approximate surface area is 147 Å². The van der Waals surface area contributed by atoms with Crippen molar-refractivity contribution in [3.63, 3.8) is 0 Å². The van der Waals surface area contributed by atoms with Crippen molar-refractivity contribution in [2.75, 3.05) is 13.1 Å². The van der Waals surface area contributed by atoms with Gasteiger partial charge in [-0.3, -0.25) is 0 Å². The maximum absolute atomic E-state index is 12.4. The minimum Gasteiger partial charge on any atom is -0.444 e. The number of amides is 1. The number of nitrogens with zero attached hydrogens (tertiary/aromatic N) is 1. The zero-order valence-electron chi connectivity index (χ0n) is 14.3. The number of nitrogens with one attached hydrogen (secondary N) is 1. The van der Waals surface area contributed by atoms with E-state index in [0.29, 0.717) is 0 Å². The summed E-state index contributed by atoms with van der Waals surface area (Å²) in [6, 6.07) is 8.51. The van der Waals surface area contributed by atoms with Gasteiger partial charge in [0.2, 0.25) is 0 Å². The fourth-order valence-corrected chi connectivity index (χ4v) is 3.02. The van der Waals surface area contributed by atoms with Crippen LogP contribution in [0.3, 0.4) is 0 Å². The maximum atomic E-state index is 12.4. The van der Waals surface area contributed by atoms with Gasteiger partial charge in [-0.1, -0.05) is 28.1 Å². The Hall–Kier alpha value is -1.07. The van der Waals surface area contributed by atoms with Gasteiger partial charge in [-0.25, -0.2) is 4.79 Å². The van der Waals surface area contributed by atoms with E-state index in [9.17, 15) is 4.79 Å². The van der Waals surface area contributed by atoms with E-state index in [-0.39, 0.29) is 12.1 Å². The first-order chi connectivity index (χ1) is 10.8. The molecule has 1 fully saturated rings. The van der Waals surface area contributed by atoms with Crippen molar-refractivity contribution in [1.29, 1.82) is 0 Å². The lowest BCUT2D eigenvalue weighted by Crippen LogP contribution is -2.50. The zero-order chi connectivity index (χ0) is 16.9. The van der Waals surface area contributed by atoms with Crippen molar-refractivity contribution in [2.24, 2.45) is 0 Å². The molecule has 1 aliphatic rings. The third-order valence-corrected chi connectivity index (χ3v) is 4.41. The molecule has 0 aromatic heterocycles. The molecule has 1 atom stereocenters. The smallest absolute Gasteiger partial charge is 0.410 e. The number of hydrogen-bond acceptors (Lipinski definition) is 3. The summed E-state index contributed by atoms with van der Waals surface area (Å²) in [4.78, 5) is 14.3. The topological polar surface area (TPSA) is 41.6 Å². The van der Waals surface area contributed by atoms with Crippen LogP contribution >= 0.6 is 15.9 Å². The average molecular weight is 383 g/mol. The summed E-state index contributed by atoms with van der Waals surface area (Å²) in [7, 11) is 0. The number of ether oxygens (including phenoxy) is 1. The lowest BCUT2D eigenvalue weighted by atomic mass is 10.0. The molecule has 5 heteroatoms. The summed E-state index contributed by atoms with van der Waals surface area (Å²) in [5.74, 6) is 0. The summed E-state index contributed by atoms with van der Waals surface area (Å²) in [5.41, 5.74) is 0.803. The molecule has 1 aromatic rings. The molecule has 0 bridgehead atoms. The molecule has 128 valence electrons. The first kappa shape index (κ1) is 18.3. The van der Waals surface area contributed by atoms with Crippen molar-refractivity contribution in [1.82, 2.24) is 10.2 Å². The summed E-state index contributed by atoms with van der Waals surface area (Å²) in [5, 5.41) is 3.47.